The number of carboxylic acids is 2. The molecule has 0 aliphatic rings. The molecular weight excluding hydrogens is 258 g/mol. The average Bonchev–Trinajstić information content (AvgIpc) is 2.31. The zero-order valence-electron chi connectivity index (χ0n) is 10.9. The Bertz CT molecular complexity index is 265. The first kappa shape index (κ1) is 17.2. The summed E-state index contributed by atoms with van der Waals surface area (Å²) in [6, 6.07) is -0.989. The molecule has 0 aromatic heterocycles. The molecule has 0 aliphatic heterocycles. The van der Waals surface area contributed by atoms with Gasteiger partial charge in [-0.15, -0.1) is 11.6 Å². The van der Waals surface area contributed by atoms with E-state index < -0.39 is 23.9 Å². The van der Waals surface area contributed by atoms with E-state index in [9.17, 15) is 14.7 Å². The number of rotatable bonds is 10. The van der Waals surface area contributed by atoms with Crippen LogP contribution >= 0.6 is 11.6 Å². The van der Waals surface area contributed by atoms with Gasteiger partial charge < -0.3 is 10.2 Å². The molecule has 2 unspecified atom stereocenters. The largest absolute Gasteiger partial charge is 0.481 e. The van der Waals surface area contributed by atoms with Crippen LogP contribution in [-0.4, -0.2) is 52.1 Å². The van der Waals surface area contributed by atoms with E-state index in [0.29, 0.717) is 25.4 Å². The van der Waals surface area contributed by atoms with Gasteiger partial charge in [0.25, 0.3) is 0 Å². The summed E-state index contributed by atoms with van der Waals surface area (Å²) in [6.07, 6.45) is 2.44. The fraction of sp³-hybridized carbons (Fsp3) is 0.833. The van der Waals surface area contributed by atoms with E-state index in [0.717, 1.165) is 12.8 Å². The van der Waals surface area contributed by atoms with Crippen LogP contribution in [-0.2, 0) is 9.59 Å². The summed E-state index contributed by atoms with van der Waals surface area (Å²) in [5, 5.41) is 18.2. The molecule has 2 N–H and O–H groups in total. The molecule has 0 radical (unpaired) electrons. The highest BCUT2D eigenvalue weighted by Crippen LogP contribution is 2.14. The summed E-state index contributed by atoms with van der Waals surface area (Å²) in [4.78, 5) is 24.0. The van der Waals surface area contributed by atoms with Gasteiger partial charge in [-0.25, -0.2) is 0 Å². The number of hydrogen-bond donors (Lipinski definition) is 2. The minimum Gasteiger partial charge on any atom is -0.481 e. The Hall–Kier alpha value is -0.810. The van der Waals surface area contributed by atoms with Gasteiger partial charge in [-0.05, 0) is 26.3 Å². The van der Waals surface area contributed by atoms with E-state index in [1.165, 1.54) is 6.92 Å². The van der Waals surface area contributed by atoms with Crippen LogP contribution in [0, 0.1) is 5.92 Å². The van der Waals surface area contributed by atoms with E-state index >= 15 is 0 Å². The van der Waals surface area contributed by atoms with Crippen LogP contribution in [0.2, 0.25) is 0 Å². The van der Waals surface area contributed by atoms with Gasteiger partial charge >= 0.3 is 11.9 Å². The first-order valence-corrected chi connectivity index (χ1v) is 6.74. The molecule has 0 saturated heterocycles. The van der Waals surface area contributed by atoms with Crippen molar-refractivity contribution >= 4 is 23.5 Å². The lowest BCUT2D eigenvalue weighted by molar-refractivity contribution is -0.154. The lowest BCUT2D eigenvalue weighted by Crippen LogP contribution is -2.48. The van der Waals surface area contributed by atoms with Gasteiger partial charge in [-0.2, -0.15) is 0 Å². The van der Waals surface area contributed by atoms with Crippen molar-refractivity contribution in [2.45, 2.75) is 39.2 Å². The van der Waals surface area contributed by atoms with Crippen molar-refractivity contribution in [1.82, 2.24) is 4.90 Å². The molecule has 106 valence electrons. The Morgan fingerprint density at radius 2 is 1.72 bits per heavy atom. The van der Waals surface area contributed by atoms with Gasteiger partial charge in [0.15, 0.2) is 0 Å². The summed E-state index contributed by atoms with van der Waals surface area (Å²) in [7, 11) is 0. The normalized spacial score (nSPS) is 14.4. The molecule has 0 aromatic rings. The highest BCUT2D eigenvalue weighted by Gasteiger charge is 2.34. The SMILES string of the molecule is CCCCN(CCCCl)C(C(=O)O)C(C)C(=O)O. The number of alkyl halides is 1. The number of carbonyl (C=O) groups is 2. The molecule has 0 amide bonds. The van der Waals surface area contributed by atoms with E-state index in [1.54, 1.807) is 4.90 Å². The van der Waals surface area contributed by atoms with Gasteiger partial charge in [0.05, 0.1) is 5.92 Å². The lowest BCUT2D eigenvalue weighted by Gasteiger charge is -2.30. The Morgan fingerprint density at radius 1 is 1.17 bits per heavy atom. The van der Waals surface area contributed by atoms with E-state index in [1.807, 2.05) is 6.92 Å². The predicted octanol–water partition coefficient (Wildman–Crippen LogP) is 1.89. The third-order valence-electron chi connectivity index (χ3n) is 2.89. The minimum atomic E-state index is -1.09. The smallest absolute Gasteiger partial charge is 0.321 e. The summed E-state index contributed by atoms with van der Waals surface area (Å²) in [5.74, 6) is -2.67. The topological polar surface area (TPSA) is 77.8 Å². The highest BCUT2D eigenvalue weighted by atomic mass is 35.5. The van der Waals surface area contributed by atoms with Crippen molar-refractivity contribution in [1.29, 1.82) is 0 Å². The molecule has 0 rings (SSSR count). The summed E-state index contributed by atoms with van der Waals surface area (Å²) in [6.45, 7) is 4.54. The van der Waals surface area contributed by atoms with Crippen LogP contribution in [0.5, 0.6) is 0 Å². The van der Waals surface area contributed by atoms with E-state index in [4.69, 9.17) is 16.7 Å². The van der Waals surface area contributed by atoms with Crippen LogP contribution in [0.3, 0.4) is 0 Å². The number of nitrogens with zero attached hydrogens (tertiary/aromatic N) is 1. The van der Waals surface area contributed by atoms with E-state index in [2.05, 4.69) is 0 Å². The maximum absolute atomic E-state index is 11.3. The Balaban J connectivity index is 4.83. The number of hydrogen-bond acceptors (Lipinski definition) is 3. The molecule has 0 aromatic carbocycles. The van der Waals surface area contributed by atoms with Crippen molar-refractivity contribution in [3.05, 3.63) is 0 Å². The number of unbranched alkanes of at least 4 members (excludes halogenated alkanes) is 1. The van der Waals surface area contributed by atoms with Crippen LogP contribution in [0.4, 0.5) is 0 Å². The molecule has 0 heterocycles. The third-order valence-corrected chi connectivity index (χ3v) is 3.15. The zero-order valence-corrected chi connectivity index (χ0v) is 11.7. The standard InChI is InChI=1S/C12H22ClNO4/c1-3-4-7-14(8-5-6-13)10(12(17)18)9(2)11(15)16/h9-10H,3-8H2,1-2H3,(H,15,16)(H,17,18). The third kappa shape index (κ3) is 5.69. The molecule has 18 heavy (non-hydrogen) atoms. The minimum absolute atomic E-state index is 0.441. The van der Waals surface area contributed by atoms with Gasteiger partial charge in [0.2, 0.25) is 0 Å². The molecule has 0 spiro atoms. The maximum Gasteiger partial charge on any atom is 0.321 e. The molecule has 0 aliphatic carbocycles. The molecule has 6 heteroatoms. The highest BCUT2D eigenvalue weighted by molar-refractivity contribution is 6.17. The zero-order chi connectivity index (χ0) is 14.1. The fourth-order valence-corrected chi connectivity index (χ4v) is 1.95. The van der Waals surface area contributed by atoms with Crippen LogP contribution < -0.4 is 0 Å². The predicted molar refractivity (Wildman–Crippen MR) is 70.0 cm³/mol. The molecular formula is C12H22ClNO4. The fourth-order valence-electron chi connectivity index (χ4n) is 1.84. The maximum atomic E-state index is 11.3. The van der Waals surface area contributed by atoms with Crippen LogP contribution in [0.15, 0.2) is 0 Å². The number of carboxylic acid groups (broad SMARTS) is 2. The number of aliphatic carboxylic acids is 2. The second-order valence-corrected chi connectivity index (χ2v) is 4.72. The van der Waals surface area contributed by atoms with Gasteiger partial charge in [-0.1, -0.05) is 13.3 Å². The lowest BCUT2D eigenvalue weighted by atomic mass is 10.00. The Labute approximate surface area is 113 Å². The summed E-state index contributed by atoms with van der Waals surface area (Å²) >= 11 is 5.62. The quantitative estimate of drug-likeness (QED) is 0.597. The molecule has 0 bridgehead atoms. The molecule has 0 saturated carbocycles. The van der Waals surface area contributed by atoms with Crippen molar-refractivity contribution in [2.75, 3.05) is 19.0 Å². The first-order chi connectivity index (χ1) is 8.45. The molecule has 2 atom stereocenters. The van der Waals surface area contributed by atoms with Gasteiger partial charge in [0, 0.05) is 12.4 Å². The van der Waals surface area contributed by atoms with Gasteiger partial charge in [0.1, 0.15) is 6.04 Å². The van der Waals surface area contributed by atoms with Crippen LogP contribution in [0.1, 0.15) is 33.1 Å². The van der Waals surface area contributed by atoms with Crippen molar-refractivity contribution in [3.8, 4) is 0 Å². The molecule has 5 nitrogen and oxygen atoms in total. The summed E-state index contributed by atoms with van der Waals surface area (Å²) in [5.41, 5.74) is 0. The average molecular weight is 280 g/mol. The Morgan fingerprint density at radius 3 is 2.11 bits per heavy atom. The van der Waals surface area contributed by atoms with Gasteiger partial charge in [-0.3, -0.25) is 14.5 Å². The monoisotopic (exact) mass is 279 g/mol. The molecule has 0 fully saturated rings. The Kier molecular flexibility index (Phi) is 8.75. The second-order valence-electron chi connectivity index (χ2n) is 4.34. The van der Waals surface area contributed by atoms with E-state index in [-0.39, 0.29) is 0 Å². The van der Waals surface area contributed by atoms with Crippen molar-refractivity contribution < 1.29 is 19.8 Å². The second kappa shape index (κ2) is 9.16. The number of halogens is 1. The van der Waals surface area contributed by atoms with Crippen molar-refractivity contribution in [2.24, 2.45) is 5.92 Å². The first-order valence-electron chi connectivity index (χ1n) is 6.21. The van der Waals surface area contributed by atoms with Crippen molar-refractivity contribution in [3.63, 3.8) is 0 Å². The van der Waals surface area contributed by atoms with Crippen LogP contribution in [0.25, 0.3) is 0 Å². The summed E-state index contributed by atoms with van der Waals surface area (Å²) < 4.78 is 0.